The van der Waals surface area contributed by atoms with E-state index in [1.807, 2.05) is 13.8 Å². The van der Waals surface area contributed by atoms with E-state index in [0.717, 1.165) is 22.3 Å². The lowest BCUT2D eigenvalue weighted by molar-refractivity contribution is -0.0421. The molecule has 5 heteroatoms. The van der Waals surface area contributed by atoms with Crippen molar-refractivity contribution in [1.82, 2.24) is 0 Å². The van der Waals surface area contributed by atoms with Crippen LogP contribution in [0.25, 0.3) is 0 Å². The maximum Gasteiger partial charge on any atom is 0.0984 e. The number of morpholine rings is 1. The highest BCUT2D eigenvalue weighted by Crippen LogP contribution is 2.31. The van der Waals surface area contributed by atoms with E-state index < -0.39 is 0 Å². The van der Waals surface area contributed by atoms with Gasteiger partial charge in [-0.3, -0.25) is 0 Å². The van der Waals surface area contributed by atoms with Crippen LogP contribution in [0.3, 0.4) is 0 Å². The number of anilines is 1. The van der Waals surface area contributed by atoms with Crippen LogP contribution in [-0.4, -0.2) is 37.0 Å². The summed E-state index contributed by atoms with van der Waals surface area (Å²) in [6.45, 7) is 5.58. The first-order valence-electron chi connectivity index (χ1n) is 6.57. The van der Waals surface area contributed by atoms with Gasteiger partial charge in [0.25, 0.3) is 0 Å². The molecule has 0 radical (unpaired) electrons. The van der Waals surface area contributed by atoms with Crippen molar-refractivity contribution in [3.05, 3.63) is 28.2 Å². The molecule has 3 N–H and O–H groups in total. The molecule has 3 atom stereocenters. The Morgan fingerprint density at radius 1 is 1.53 bits per heavy atom. The number of rotatable bonds is 3. The van der Waals surface area contributed by atoms with Gasteiger partial charge in [0.15, 0.2) is 0 Å². The number of aliphatic hydroxyl groups excluding tert-OH is 1. The predicted molar refractivity (Wildman–Crippen MR) is 80.4 cm³/mol. The highest BCUT2D eigenvalue weighted by Gasteiger charge is 2.26. The van der Waals surface area contributed by atoms with Gasteiger partial charge in [0.2, 0.25) is 0 Å². The normalized spacial score (nSPS) is 25.4. The van der Waals surface area contributed by atoms with Gasteiger partial charge in [0.05, 0.1) is 24.5 Å². The summed E-state index contributed by atoms with van der Waals surface area (Å²) in [5.41, 5.74) is 8.12. The summed E-state index contributed by atoms with van der Waals surface area (Å²) >= 11 is 3.61. The largest absolute Gasteiger partial charge is 0.394 e. The minimum absolute atomic E-state index is 0.0270. The monoisotopic (exact) mass is 328 g/mol. The molecule has 0 aliphatic carbocycles. The Labute approximate surface area is 122 Å². The number of benzene rings is 1. The van der Waals surface area contributed by atoms with Gasteiger partial charge < -0.3 is 20.5 Å². The van der Waals surface area contributed by atoms with Crippen molar-refractivity contribution in [3.63, 3.8) is 0 Å². The van der Waals surface area contributed by atoms with Gasteiger partial charge in [-0.05, 0) is 47.5 Å². The van der Waals surface area contributed by atoms with Crippen molar-refractivity contribution in [2.45, 2.75) is 32.1 Å². The Bertz CT molecular complexity index is 439. The first-order chi connectivity index (χ1) is 9.01. The van der Waals surface area contributed by atoms with E-state index in [2.05, 4.69) is 39.0 Å². The van der Waals surface area contributed by atoms with Crippen LogP contribution in [0.4, 0.5) is 5.69 Å². The Kier molecular flexibility index (Phi) is 4.84. The zero-order valence-electron chi connectivity index (χ0n) is 11.3. The standard InChI is InChI=1S/C14H21BrN2O2/c1-9-6-17(7-12(8-18)19-9)14-4-3-11(10(2)16)5-13(14)15/h3-5,9-10,12,18H,6-8,16H2,1-2H3/t9?,10-,12?/m1/s1. The van der Waals surface area contributed by atoms with Crippen molar-refractivity contribution in [2.75, 3.05) is 24.6 Å². The number of hydrogen-bond donors (Lipinski definition) is 2. The minimum Gasteiger partial charge on any atom is -0.394 e. The molecule has 1 fully saturated rings. The van der Waals surface area contributed by atoms with Crippen molar-refractivity contribution in [2.24, 2.45) is 5.73 Å². The molecule has 2 unspecified atom stereocenters. The molecular formula is C14H21BrN2O2. The Morgan fingerprint density at radius 2 is 2.26 bits per heavy atom. The Balaban J connectivity index is 2.21. The van der Waals surface area contributed by atoms with E-state index in [1.165, 1.54) is 0 Å². The summed E-state index contributed by atoms with van der Waals surface area (Å²) < 4.78 is 6.70. The van der Waals surface area contributed by atoms with Crippen molar-refractivity contribution >= 4 is 21.6 Å². The van der Waals surface area contributed by atoms with Crippen LogP contribution in [0, 0.1) is 0 Å². The third-order valence-corrected chi connectivity index (χ3v) is 4.00. The zero-order chi connectivity index (χ0) is 14.0. The van der Waals surface area contributed by atoms with Gasteiger partial charge in [0.1, 0.15) is 0 Å². The second kappa shape index (κ2) is 6.22. The van der Waals surface area contributed by atoms with Crippen molar-refractivity contribution in [3.8, 4) is 0 Å². The smallest absolute Gasteiger partial charge is 0.0984 e. The lowest BCUT2D eigenvalue weighted by Gasteiger charge is -2.38. The maximum atomic E-state index is 9.28. The summed E-state index contributed by atoms with van der Waals surface area (Å²) in [5.74, 6) is 0. The first kappa shape index (κ1) is 14.8. The number of ether oxygens (including phenoxy) is 1. The average molecular weight is 329 g/mol. The molecule has 1 saturated heterocycles. The molecular weight excluding hydrogens is 308 g/mol. The lowest BCUT2D eigenvalue weighted by atomic mass is 10.1. The van der Waals surface area contributed by atoms with E-state index in [1.54, 1.807) is 0 Å². The lowest BCUT2D eigenvalue weighted by Crippen LogP contribution is -2.48. The summed E-state index contributed by atoms with van der Waals surface area (Å²) in [6, 6.07) is 6.22. The summed E-state index contributed by atoms with van der Waals surface area (Å²) in [7, 11) is 0. The number of halogens is 1. The molecule has 2 rings (SSSR count). The first-order valence-corrected chi connectivity index (χ1v) is 7.37. The van der Waals surface area contributed by atoms with Crippen LogP contribution in [0.2, 0.25) is 0 Å². The van der Waals surface area contributed by atoms with Gasteiger partial charge in [-0.2, -0.15) is 0 Å². The van der Waals surface area contributed by atoms with Crippen LogP contribution in [-0.2, 0) is 4.74 Å². The summed E-state index contributed by atoms with van der Waals surface area (Å²) in [4.78, 5) is 2.24. The van der Waals surface area contributed by atoms with E-state index in [0.29, 0.717) is 6.54 Å². The van der Waals surface area contributed by atoms with Gasteiger partial charge in [-0.15, -0.1) is 0 Å². The van der Waals surface area contributed by atoms with E-state index in [-0.39, 0.29) is 24.9 Å². The van der Waals surface area contributed by atoms with Crippen molar-refractivity contribution < 1.29 is 9.84 Å². The highest BCUT2D eigenvalue weighted by atomic mass is 79.9. The fraction of sp³-hybridized carbons (Fsp3) is 0.571. The quantitative estimate of drug-likeness (QED) is 0.891. The molecule has 1 aliphatic heterocycles. The van der Waals surface area contributed by atoms with Gasteiger partial charge in [0, 0.05) is 23.6 Å². The fourth-order valence-electron chi connectivity index (χ4n) is 2.41. The second-order valence-corrected chi connectivity index (χ2v) is 6.01. The van der Waals surface area contributed by atoms with Gasteiger partial charge >= 0.3 is 0 Å². The van der Waals surface area contributed by atoms with E-state index in [9.17, 15) is 5.11 Å². The number of nitrogens with zero attached hydrogens (tertiary/aromatic N) is 1. The minimum atomic E-state index is -0.122. The Morgan fingerprint density at radius 3 is 2.84 bits per heavy atom. The molecule has 1 aromatic rings. The zero-order valence-corrected chi connectivity index (χ0v) is 12.9. The Hall–Kier alpha value is -0.620. The van der Waals surface area contributed by atoms with Crippen LogP contribution >= 0.6 is 15.9 Å². The van der Waals surface area contributed by atoms with Gasteiger partial charge in [-0.1, -0.05) is 6.07 Å². The van der Waals surface area contributed by atoms with E-state index >= 15 is 0 Å². The number of aliphatic hydroxyl groups is 1. The van der Waals surface area contributed by atoms with Crippen LogP contribution < -0.4 is 10.6 Å². The molecule has 0 saturated carbocycles. The summed E-state index contributed by atoms with van der Waals surface area (Å²) in [5, 5.41) is 9.28. The third-order valence-electron chi connectivity index (χ3n) is 3.37. The fourth-order valence-corrected chi connectivity index (χ4v) is 3.05. The third kappa shape index (κ3) is 3.48. The molecule has 1 aliphatic rings. The average Bonchev–Trinajstić information content (AvgIpc) is 2.37. The topological polar surface area (TPSA) is 58.7 Å². The molecule has 4 nitrogen and oxygen atoms in total. The number of hydrogen-bond acceptors (Lipinski definition) is 4. The highest BCUT2D eigenvalue weighted by molar-refractivity contribution is 9.10. The van der Waals surface area contributed by atoms with Crippen LogP contribution in [0.1, 0.15) is 25.5 Å². The molecule has 106 valence electrons. The molecule has 0 aromatic heterocycles. The summed E-state index contributed by atoms with van der Waals surface area (Å²) in [6.07, 6.45) is -0.00494. The molecule has 19 heavy (non-hydrogen) atoms. The van der Waals surface area contributed by atoms with E-state index in [4.69, 9.17) is 10.5 Å². The molecule has 0 spiro atoms. The molecule has 1 aromatic carbocycles. The second-order valence-electron chi connectivity index (χ2n) is 5.16. The van der Waals surface area contributed by atoms with Crippen molar-refractivity contribution in [1.29, 1.82) is 0 Å². The van der Waals surface area contributed by atoms with Crippen LogP contribution in [0.15, 0.2) is 22.7 Å². The maximum absolute atomic E-state index is 9.28. The SMILES string of the molecule is CC1CN(c2ccc([C@@H](C)N)cc2Br)CC(CO)O1. The van der Waals surface area contributed by atoms with Gasteiger partial charge in [-0.25, -0.2) is 0 Å². The molecule has 0 amide bonds. The molecule has 1 heterocycles. The number of nitrogens with two attached hydrogens (primary N) is 1. The predicted octanol–water partition coefficient (Wildman–Crippen LogP) is 2.05. The van der Waals surface area contributed by atoms with Crippen LogP contribution in [0.5, 0.6) is 0 Å². The molecule has 0 bridgehead atoms.